The second kappa shape index (κ2) is 5.47. The molecule has 1 atom stereocenters. The van der Waals surface area contributed by atoms with Gasteiger partial charge in [0.1, 0.15) is 0 Å². The molecule has 1 aromatic rings. The Kier molecular flexibility index (Phi) is 3.98. The first-order valence-corrected chi connectivity index (χ1v) is 6.73. The highest BCUT2D eigenvalue weighted by molar-refractivity contribution is 7.10. The number of nitrogens with one attached hydrogen (secondary N) is 1. The number of hydrogen-bond acceptors (Lipinski definition) is 2. The Balaban J connectivity index is 1.87. The van der Waals surface area contributed by atoms with Gasteiger partial charge < -0.3 is 5.32 Å². The second-order valence-electron chi connectivity index (χ2n) is 4.07. The molecule has 82 valence electrons. The summed E-state index contributed by atoms with van der Waals surface area (Å²) in [4.78, 5) is 1.51. The molecule has 0 fully saturated rings. The van der Waals surface area contributed by atoms with Gasteiger partial charge in [0.2, 0.25) is 0 Å². The van der Waals surface area contributed by atoms with Crippen LogP contribution in [-0.2, 0) is 13.0 Å². The third-order valence-corrected chi connectivity index (χ3v) is 3.96. The lowest BCUT2D eigenvalue weighted by molar-refractivity contribution is 0.524. The van der Waals surface area contributed by atoms with Crippen molar-refractivity contribution in [2.24, 2.45) is 0 Å². The highest BCUT2D eigenvalue weighted by Gasteiger charge is 2.08. The normalized spacial score (nSPS) is 20.7. The summed E-state index contributed by atoms with van der Waals surface area (Å²) in [5.41, 5.74) is 1.51. The van der Waals surface area contributed by atoms with Crippen molar-refractivity contribution in [3.8, 4) is 0 Å². The zero-order valence-corrected chi connectivity index (χ0v) is 10.1. The van der Waals surface area contributed by atoms with Gasteiger partial charge in [-0.05, 0) is 42.7 Å². The van der Waals surface area contributed by atoms with E-state index >= 15 is 0 Å². The molecule has 1 heterocycles. The fraction of sp³-hybridized carbons (Fsp3) is 0.538. The average Bonchev–Trinajstić information content (AvgIpc) is 2.75. The maximum atomic E-state index is 3.62. The molecular weight excluding hydrogens is 202 g/mol. The molecule has 0 spiro atoms. The molecular formula is C13H19NS. The standard InChI is InChI=1S/C13H19NS/c1-2-11-8-9-15-13(11)10-14-12-6-4-3-5-7-12/h4,6,8-9,12,14H,2-3,5,7,10H2,1H3. The van der Waals surface area contributed by atoms with Crippen LogP contribution in [0.5, 0.6) is 0 Å². The molecule has 0 saturated heterocycles. The fourth-order valence-corrected chi connectivity index (χ4v) is 2.97. The first-order valence-electron chi connectivity index (χ1n) is 5.85. The van der Waals surface area contributed by atoms with Crippen LogP contribution in [0.15, 0.2) is 23.6 Å². The number of aryl methyl sites for hydroxylation is 1. The molecule has 0 aromatic carbocycles. The Bertz CT molecular complexity index is 327. The smallest absolute Gasteiger partial charge is 0.0308 e. The van der Waals surface area contributed by atoms with Crippen LogP contribution in [0.1, 0.15) is 36.6 Å². The number of thiophene rings is 1. The van der Waals surface area contributed by atoms with Crippen molar-refractivity contribution in [1.82, 2.24) is 5.32 Å². The molecule has 1 aliphatic carbocycles. The predicted molar refractivity (Wildman–Crippen MR) is 67.3 cm³/mol. The minimum atomic E-state index is 0.602. The molecule has 0 bridgehead atoms. The van der Waals surface area contributed by atoms with Gasteiger partial charge in [-0.25, -0.2) is 0 Å². The van der Waals surface area contributed by atoms with E-state index in [0.717, 1.165) is 13.0 Å². The largest absolute Gasteiger partial charge is 0.306 e. The summed E-state index contributed by atoms with van der Waals surface area (Å²) in [6.07, 6.45) is 9.67. The van der Waals surface area contributed by atoms with Crippen molar-refractivity contribution in [2.45, 2.75) is 45.2 Å². The van der Waals surface area contributed by atoms with E-state index in [9.17, 15) is 0 Å². The van der Waals surface area contributed by atoms with E-state index in [4.69, 9.17) is 0 Å². The van der Waals surface area contributed by atoms with Crippen molar-refractivity contribution in [2.75, 3.05) is 0 Å². The first-order chi connectivity index (χ1) is 7.40. The average molecular weight is 221 g/mol. The van der Waals surface area contributed by atoms with Crippen LogP contribution >= 0.6 is 11.3 Å². The first kappa shape index (κ1) is 10.9. The lowest BCUT2D eigenvalue weighted by atomic mass is 10.0. The van der Waals surface area contributed by atoms with Crippen molar-refractivity contribution in [1.29, 1.82) is 0 Å². The van der Waals surface area contributed by atoms with Crippen LogP contribution in [-0.4, -0.2) is 6.04 Å². The van der Waals surface area contributed by atoms with Gasteiger partial charge in [-0.15, -0.1) is 11.3 Å². The van der Waals surface area contributed by atoms with E-state index in [1.807, 2.05) is 11.3 Å². The predicted octanol–water partition coefficient (Wildman–Crippen LogP) is 3.51. The molecule has 0 radical (unpaired) electrons. The minimum absolute atomic E-state index is 0.602. The van der Waals surface area contributed by atoms with E-state index in [1.165, 1.54) is 29.7 Å². The molecule has 1 unspecified atom stereocenters. The van der Waals surface area contributed by atoms with E-state index in [2.05, 4.69) is 35.8 Å². The number of hydrogen-bond donors (Lipinski definition) is 1. The monoisotopic (exact) mass is 221 g/mol. The second-order valence-corrected chi connectivity index (χ2v) is 5.07. The van der Waals surface area contributed by atoms with Gasteiger partial charge in [-0.1, -0.05) is 19.1 Å². The van der Waals surface area contributed by atoms with E-state index < -0.39 is 0 Å². The van der Waals surface area contributed by atoms with Crippen LogP contribution in [0.25, 0.3) is 0 Å². The van der Waals surface area contributed by atoms with E-state index in [-0.39, 0.29) is 0 Å². The molecule has 1 aromatic heterocycles. The molecule has 2 heteroatoms. The zero-order valence-electron chi connectivity index (χ0n) is 9.33. The van der Waals surface area contributed by atoms with Crippen LogP contribution < -0.4 is 5.32 Å². The summed E-state index contributed by atoms with van der Waals surface area (Å²) in [6, 6.07) is 2.85. The number of allylic oxidation sites excluding steroid dienone is 1. The quantitative estimate of drug-likeness (QED) is 0.767. The minimum Gasteiger partial charge on any atom is -0.306 e. The molecule has 0 aliphatic heterocycles. The Morgan fingerprint density at radius 1 is 1.53 bits per heavy atom. The van der Waals surface area contributed by atoms with Gasteiger partial charge in [-0.3, -0.25) is 0 Å². The third-order valence-electron chi connectivity index (χ3n) is 3.00. The van der Waals surface area contributed by atoms with Gasteiger partial charge >= 0.3 is 0 Å². The van der Waals surface area contributed by atoms with E-state index in [1.54, 1.807) is 0 Å². The molecule has 1 N–H and O–H groups in total. The van der Waals surface area contributed by atoms with Gasteiger partial charge in [-0.2, -0.15) is 0 Å². The van der Waals surface area contributed by atoms with Crippen LogP contribution in [0.2, 0.25) is 0 Å². The van der Waals surface area contributed by atoms with E-state index in [0.29, 0.717) is 6.04 Å². The Hall–Kier alpha value is -0.600. The molecule has 0 amide bonds. The maximum absolute atomic E-state index is 3.62. The van der Waals surface area contributed by atoms with Crippen LogP contribution in [0.4, 0.5) is 0 Å². The lowest BCUT2D eigenvalue weighted by Gasteiger charge is -2.17. The van der Waals surface area contributed by atoms with Crippen LogP contribution in [0, 0.1) is 0 Å². The Morgan fingerprint density at radius 2 is 2.47 bits per heavy atom. The molecule has 0 saturated carbocycles. The summed E-state index contributed by atoms with van der Waals surface area (Å²) >= 11 is 1.88. The van der Waals surface area contributed by atoms with Crippen LogP contribution in [0.3, 0.4) is 0 Å². The number of rotatable bonds is 4. The third kappa shape index (κ3) is 2.93. The summed E-state index contributed by atoms with van der Waals surface area (Å²) in [6.45, 7) is 3.27. The maximum Gasteiger partial charge on any atom is 0.0308 e. The Morgan fingerprint density at radius 3 is 3.20 bits per heavy atom. The van der Waals surface area contributed by atoms with Crippen molar-refractivity contribution < 1.29 is 0 Å². The zero-order chi connectivity index (χ0) is 10.5. The van der Waals surface area contributed by atoms with Gasteiger partial charge in [0, 0.05) is 17.5 Å². The summed E-state index contributed by atoms with van der Waals surface area (Å²) in [5, 5.41) is 5.82. The molecule has 2 rings (SSSR count). The molecule has 1 aliphatic rings. The highest BCUT2D eigenvalue weighted by atomic mass is 32.1. The molecule has 1 nitrogen and oxygen atoms in total. The molecule has 15 heavy (non-hydrogen) atoms. The summed E-state index contributed by atoms with van der Waals surface area (Å²) in [7, 11) is 0. The van der Waals surface area contributed by atoms with Gasteiger partial charge in [0.05, 0.1) is 0 Å². The van der Waals surface area contributed by atoms with Gasteiger partial charge in [0.15, 0.2) is 0 Å². The van der Waals surface area contributed by atoms with Crippen molar-refractivity contribution in [3.63, 3.8) is 0 Å². The fourth-order valence-electron chi connectivity index (χ4n) is 2.04. The van der Waals surface area contributed by atoms with Crippen molar-refractivity contribution >= 4 is 11.3 Å². The summed E-state index contributed by atoms with van der Waals surface area (Å²) < 4.78 is 0. The Labute approximate surface area is 96.2 Å². The lowest BCUT2D eigenvalue weighted by Crippen LogP contribution is -2.27. The highest BCUT2D eigenvalue weighted by Crippen LogP contribution is 2.18. The van der Waals surface area contributed by atoms with Gasteiger partial charge in [0.25, 0.3) is 0 Å². The SMILES string of the molecule is CCc1ccsc1CNC1C=CCCC1. The topological polar surface area (TPSA) is 12.0 Å². The summed E-state index contributed by atoms with van der Waals surface area (Å²) in [5.74, 6) is 0. The van der Waals surface area contributed by atoms with Crippen molar-refractivity contribution in [3.05, 3.63) is 34.0 Å².